The smallest absolute Gasteiger partial charge is 0.369 e. The maximum Gasteiger partial charge on any atom is 0.433 e. The van der Waals surface area contributed by atoms with Crippen molar-refractivity contribution in [3.8, 4) is 0 Å². The molecule has 0 aliphatic carbocycles. The summed E-state index contributed by atoms with van der Waals surface area (Å²) in [6.45, 7) is 0. The standard InChI is InChI=1S/C14H8ClF4N5O/c15-5-3-7-8(4-6(5)16)23-13(22-7)10(11(20)25)12-21-2-1-9(24-12)14(17,18)19/h1-4,10H,(H2,20,25)(H,22,23). The van der Waals surface area contributed by atoms with Gasteiger partial charge in [0.2, 0.25) is 5.91 Å². The van der Waals surface area contributed by atoms with Crippen LogP contribution < -0.4 is 5.73 Å². The molecule has 0 saturated heterocycles. The number of imidazole rings is 1. The topological polar surface area (TPSA) is 97.6 Å². The van der Waals surface area contributed by atoms with Gasteiger partial charge < -0.3 is 10.7 Å². The molecule has 0 aliphatic heterocycles. The molecule has 1 aromatic carbocycles. The number of rotatable bonds is 3. The zero-order chi connectivity index (χ0) is 18.4. The summed E-state index contributed by atoms with van der Waals surface area (Å²) in [6, 6.07) is 2.91. The molecule has 0 fully saturated rings. The van der Waals surface area contributed by atoms with Gasteiger partial charge in [-0.2, -0.15) is 13.2 Å². The average Bonchev–Trinajstić information content (AvgIpc) is 2.89. The summed E-state index contributed by atoms with van der Waals surface area (Å²) >= 11 is 5.66. The van der Waals surface area contributed by atoms with Gasteiger partial charge in [0.25, 0.3) is 0 Å². The van der Waals surface area contributed by atoms with Crippen molar-refractivity contribution < 1.29 is 22.4 Å². The lowest BCUT2D eigenvalue weighted by Gasteiger charge is -2.11. The second-order valence-corrected chi connectivity index (χ2v) is 5.45. The first-order chi connectivity index (χ1) is 11.7. The van der Waals surface area contributed by atoms with Crippen LogP contribution in [-0.4, -0.2) is 25.8 Å². The number of nitrogens with zero attached hydrogens (tertiary/aromatic N) is 3. The van der Waals surface area contributed by atoms with Gasteiger partial charge in [0.15, 0.2) is 5.92 Å². The fourth-order valence-electron chi connectivity index (χ4n) is 2.22. The highest BCUT2D eigenvalue weighted by Gasteiger charge is 2.35. The number of aromatic amines is 1. The van der Waals surface area contributed by atoms with Gasteiger partial charge in [-0.1, -0.05) is 11.6 Å². The molecule has 11 heteroatoms. The first-order valence-corrected chi connectivity index (χ1v) is 7.08. The lowest BCUT2D eigenvalue weighted by atomic mass is 10.1. The van der Waals surface area contributed by atoms with Crippen LogP contribution in [-0.2, 0) is 11.0 Å². The molecule has 2 aromatic heterocycles. The molecular weight excluding hydrogens is 366 g/mol. The van der Waals surface area contributed by atoms with Gasteiger partial charge in [-0.15, -0.1) is 0 Å². The van der Waals surface area contributed by atoms with E-state index in [1.54, 1.807) is 0 Å². The summed E-state index contributed by atoms with van der Waals surface area (Å²) in [5.74, 6) is -3.83. The molecule has 0 bridgehead atoms. The number of amides is 1. The number of benzene rings is 1. The molecule has 3 N–H and O–H groups in total. The van der Waals surface area contributed by atoms with Gasteiger partial charge in [-0.25, -0.2) is 19.3 Å². The Labute approximate surface area is 142 Å². The lowest BCUT2D eigenvalue weighted by Crippen LogP contribution is -2.26. The zero-order valence-corrected chi connectivity index (χ0v) is 12.9. The number of alkyl halides is 3. The van der Waals surface area contributed by atoms with E-state index in [2.05, 4.69) is 19.9 Å². The number of primary amides is 1. The minimum absolute atomic E-state index is 0.122. The Morgan fingerprint density at radius 2 is 2.00 bits per heavy atom. The molecule has 3 rings (SSSR count). The largest absolute Gasteiger partial charge is 0.433 e. The summed E-state index contributed by atoms with van der Waals surface area (Å²) in [5.41, 5.74) is 4.45. The predicted molar refractivity (Wildman–Crippen MR) is 79.1 cm³/mol. The third-order valence-corrected chi connectivity index (χ3v) is 3.61. The molecule has 0 aliphatic rings. The van der Waals surface area contributed by atoms with Crippen LogP contribution in [0.2, 0.25) is 5.02 Å². The summed E-state index contributed by atoms with van der Waals surface area (Å²) in [6.07, 6.45) is -3.86. The summed E-state index contributed by atoms with van der Waals surface area (Å²) in [5, 5.41) is -0.198. The average molecular weight is 374 g/mol. The fraction of sp³-hybridized carbons (Fsp3) is 0.143. The van der Waals surface area contributed by atoms with Crippen molar-refractivity contribution in [3.05, 3.63) is 52.6 Å². The van der Waals surface area contributed by atoms with E-state index in [0.29, 0.717) is 6.07 Å². The highest BCUT2D eigenvalue weighted by atomic mass is 35.5. The molecule has 3 aromatic rings. The molecule has 130 valence electrons. The molecule has 1 amide bonds. The van der Waals surface area contributed by atoms with Gasteiger partial charge >= 0.3 is 6.18 Å². The number of fused-ring (bicyclic) bond motifs is 1. The van der Waals surface area contributed by atoms with Crippen LogP contribution in [0.25, 0.3) is 11.0 Å². The second kappa shape index (κ2) is 5.96. The van der Waals surface area contributed by atoms with E-state index in [4.69, 9.17) is 17.3 Å². The first-order valence-electron chi connectivity index (χ1n) is 6.71. The Balaban J connectivity index is 2.13. The van der Waals surface area contributed by atoms with Gasteiger partial charge in [0.05, 0.1) is 16.1 Å². The monoisotopic (exact) mass is 373 g/mol. The van der Waals surface area contributed by atoms with Crippen molar-refractivity contribution in [2.45, 2.75) is 12.1 Å². The van der Waals surface area contributed by atoms with Crippen molar-refractivity contribution in [3.63, 3.8) is 0 Å². The molecule has 2 heterocycles. The molecule has 25 heavy (non-hydrogen) atoms. The normalized spacial score (nSPS) is 13.2. The second-order valence-electron chi connectivity index (χ2n) is 5.04. The maximum atomic E-state index is 13.5. The molecule has 6 nitrogen and oxygen atoms in total. The van der Waals surface area contributed by atoms with Crippen molar-refractivity contribution in [2.75, 3.05) is 0 Å². The van der Waals surface area contributed by atoms with Crippen LogP contribution in [0, 0.1) is 5.82 Å². The van der Waals surface area contributed by atoms with E-state index in [9.17, 15) is 22.4 Å². The zero-order valence-electron chi connectivity index (χ0n) is 12.1. The van der Waals surface area contributed by atoms with Crippen LogP contribution >= 0.6 is 11.6 Å². The summed E-state index contributed by atoms with van der Waals surface area (Å²) in [7, 11) is 0. The van der Waals surface area contributed by atoms with E-state index in [1.165, 1.54) is 6.07 Å². The van der Waals surface area contributed by atoms with Gasteiger partial charge in [-0.3, -0.25) is 4.79 Å². The van der Waals surface area contributed by atoms with E-state index in [1.807, 2.05) is 0 Å². The van der Waals surface area contributed by atoms with E-state index in [0.717, 1.165) is 12.3 Å². The third-order valence-electron chi connectivity index (χ3n) is 3.32. The molecule has 0 saturated carbocycles. The van der Waals surface area contributed by atoms with E-state index >= 15 is 0 Å². The molecular formula is C14H8ClF4N5O. The Bertz CT molecular complexity index is 933. The number of hydrogen-bond donors (Lipinski definition) is 2. The highest BCUT2D eigenvalue weighted by molar-refractivity contribution is 6.31. The molecule has 0 spiro atoms. The van der Waals surface area contributed by atoms with E-state index < -0.39 is 35.3 Å². The number of aromatic nitrogens is 4. The lowest BCUT2D eigenvalue weighted by molar-refractivity contribution is -0.141. The van der Waals surface area contributed by atoms with Gasteiger partial charge in [0.1, 0.15) is 23.2 Å². The summed E-state index contributed by atoms with van der Waals surface area (Å²) in [4.78, 5) is 25.5. The number of halogens is 5. The number of H-pyrrole nitrogens is 1. The maximum absolute atomic E-state index is 13.5. The predicted octanol–water partition coefficient (Wildman–Crippen LogP) is 2.78. The number of carbonyl (C=O) groups is 1. The number of nitrogens with two attached hydrogens (primary N) is 1. The minimum atomic E-state index is -4.72. The number of nitrogens with one attached hydrogen (secondary N) is 1. The van der Waals surface area contributed by atoms with Gasteiger partial charge in [0, 0.05) is 12.3 Å². The Kier molecular flexibility index (Phi) is 4.07. The van der Waals surface area contributed by atoms with Crippen LogP contribution in [0.15, 0.2) is 24.4 Å². The quantitative estimate of drug-likeness (QED) is 0.690. The van der Waals surface area contributed by atoms with Crippen LogP contribution in [0.5, 0.6) is 0 Å². The molecule has 0 radical (unpaired) electrons. The molecule has 1 atom stereocenters. The Morgan fingerprint density at radius 1 is 1.28 bits per heavy atom. The third kappa shape index (κ3) is 3.25. The summed E-state index contributed by atoms with van der Waals surface area (Å²) < 4.78 is 51.9. The van der Waals surface area contributed by atoms with Crippen LogP contribution in [0.4, 0.5) is 17.6 Å². The van der Waals surface area contributed by atoms with Crippen LogP contribution in [0.1, 0.15) is 23.3 Å². The Hall–Kier alpha value is -2.75. The first kappa shape index (κ1) is 17.1. The fourth-order valence-corrected chi connectivity index (χ4v) is 2.37. The van der Waals surface area contributed by atoms with Crippen molar-refractivity contribution in [1.29, 1.82) is 0 Å². The molecule has 1 unspecified atom stereocenters. The number of hydrogen-bond acceptors (Lipinski definition) is 4. The van der Waals surface area contributed by atoms with Gasteiger partial charge in [-0.05, 0) is 12.1 Å². The number of carbonyl (C=O) groups excluding carboxylic acids is 1. The van der Waals surface area contributed by atoms with E-state index in [-0.39, 0.29) is 21.9 Å². The van der Waals surface area contributed by atoms with Crippen molar-refractivity contribution >= 4 is 28.5 Å². The van der Waals surface area contributed by atoms with Crippen molar-refractivity contribution in [1.82, 2.24) is 19.9 Å². The SMILES string of the molecule is NC(=O)C(c1nccc(C(F)(F)F)n1)c1nc2cc(Cl)c(F)cc2[nH]1. The Morgan fingerprint density at radius 3 is 2.64 bits per heavy atom. The van der Waals surface area contributed by atoms with Crippen LogP contribution in [0.3, 0.4) is 0 Å². The minimum Gasteiger partial charge on any atom is -0.369 e. The highest BCUT2D eigenvalue weighted by Crippen LogP contribution is 2.30. The van der Waals surface area contributed by atoms with Crippen molar-refractivity contribution in [2.24, 2.45) is 5.73 Å².